The van der Waals surface area contributed by atoms with Gasteiger partial charge in [-0.1, -0.05) is 11.6 Å². The van der Waals surface area contributed by atoms with E-state index in [0.29, 0.717) is 0 Å². The van der Waals surface area contributed by atoms with Crippen LogP contribution < -0.4 is 10.1 Å². The molecule has 0 aliphatic rings. The number of rotatable bonds is 4. The Bertz CT molecular complexity index is 436. The summed E-state index contributed by atoms with van der Waals surface area (Å²) in [6, 6.07) is 3.34. The van der Waals surface area contributed by atoms with E-state index in [2.05, 4.69) is 0 Å². The van der Waals surface area contributed by atoms with Crippen LogP contribution in [0.5, 0.6) is 5.75 Å². The zero-order valence-corrected chi connectivity index (χ0v) is 9.61. The maximum absolute atomic E-state index is 12.8. The molecule has 3 nitrogen and oxygen atoms in total. The van der Waals surface area contributed by atoms with Gasteiger partial charge in [0.2, 0.25) is 0 Å². The lowest BCUT2D eigenvalue weighted by molar-refractivity contribution is -0.139. The van der Waals surface area contributed by atoms with Gasteiger partial charge in [-0.05, 0) is 12.1 Å². The molecular weight excluding hydrogens is 278 g/mol. The van der Waals surface area contributed by atoms with Gasteiger partial charge in [-0.15, -0.1) is 0 Å². The molecule has 0 fully saturated rings. The van der Waals surface area contributed by atoms with Gasteiger partial charge in [0, 0.05) is 6.07 Å². The Morgan fingerprint density at radius 3 is 2.61 bits per heavy atom. The number of carbonyl (C=O) groups is 1. The molecule has 0 aromatic heterocycles. The number of halogens is 5. The number of hydrogen-bond donors (Lipinski definition) is 1. The molecule has 1 N–H and O–H groups in total. The molecule has 1 rings (SSSR count). The zero-order chi connectivity index (χ0) is 13.8. The van der Waals surface area contributed by atoms with Crippen molar-refractivity contribution >= 4 is 17.5 Å². The fraction of sp³-hybridized carbons (Fsp3) is 0.300. The van der Waals surface area contributed by atoms with Gasteiger partial charge in [-0.2, -0.15) is 13.2 Å². The van der Waals surface area contributed by atoms with Crippen LogP contribution in [0.1, 0.15) is 0 Å². The van der Waals surface area contributed by atoms with E-state index in [1.165, 1.54) is 6.07 Å². The highest BCUT2D eigenvalue weighted by Gasteiger charge is 2.27. The number of ether oxygens (including phenoxy) is 1. The first-order valence-electron chi connectivity index (χ1n) is 4.69. The van der Waals surface area contributed by atoms with Crippen molar-refractivity contribution in [2.24, 2.45) is 0 Å². The minimum Gasteiger partial charge on any atom is -0.484 e. The second kappa shape index (κ2) is 5.90. The van der Waals surface area contributed by atoms with Crippen molar-refractivity contribution in [3.63, 3.8) is 0 Å². The third-order valence-electron chi connectivity index (χ3n) is 1.75. The first-order chi connectivity index (χ1) is 8.28. The monoisotopic (exact) mass is 285 g/mol. The highest BCUT2D eigenvalue weighted by Crippen LogP contribution is 2.20. The van der Waals surface area contributed by atoms with Gasteiger partial charge in [0.1, 0.15) is 18.1 Å². The summed E-state index contributed by atoms with van der Waals surface area (Å²) in [6.07, 6.45) is -4.48. The van der Waals surface area contributed by atoms with Crippen LogP contribution in [-0.2, 0) is 4.79 Å². The smallest absolute Gasteiger partial charge is 0.405 e. The lowest BCUT2D eigenvalue weighted by Gasteiger charge is -2.09. The van der Waals surface area contributed by atoms with E-state index in [1.54, 1.807) is 5.32 Å². The third-order valence-corrected chi connectivity index (χ3v) is 2.04. The number of nitrogens with one attached hydrogen (secondary N) is 1. The molecule has 0 unspecified atom stereocenters. The average molecular weight is 286 g/mol. The predicted molar refractivity (Wildman–Crippen MR) is 56.0 cm³/mol. The summed E-state index contributed by atoms with van der Waals surface area (Å²) >= 11 is 5.45. The summed E-state index contributed by atoms with van der Waals surface area (Å²) in [6.45, 7) is -2.04. The minimum absolute atomic E-state index is 0.0866. The standard InChI is InChI=1S/C10H8ClF4NO2/c11-7-3-6(1-2-8(7)12)18-4-9(17)16-5-10(13,14)15/h1-3H,4-5H2,(H,16,17). The minimum atomic E-state index is -4.48. The van der Waals surface area contributed by atoms with Gasteiger partial charge in [-0.3, -0.25) is 4.79 Å². The van der Waals surface area contributed by atoms with Crippen molar-refractivity contribution < 1.29 is 27.1 Å². The SMILES string of the molecule is O=C(COc1ccc(F)c(Cl)c1)NCC(F)(F)F. The van der Waals surface area contributed by atoms with Gasteiger partial charge < -0.3 is 10.1 Å². The van der Waals surface area contributed by atoms with Crippen molar-refractivity contribution in [1.29, 1.82) is 0 Å². The van der Waals surface area contributed by atoms with Crippen molar-refractivity contribution in [1.82, 2.24) is 5.32 Å². The number of amides is 1. The van der Waals surface area contributed by atoms with E-state index >= 15 is 0 Å². The van der Waals surface area contributed by atoms with Crippen LogP contribution in [0, 0.1) is 5.82 Å². The molecule has 0 aliphatic heterocycles. The molecule has 0 bridgehead atoms. The Labute approximate surface area is 105 Å². The molecule has 100 valence electrons. The summed E-state index contributed by atoms with van der Waals surface area (Å²) in [5.74, 6) is -1.51. The van der Waals surface area contributed by atoms with Crippen LogP contribution in [0.15, 0.2) is 18.2 Å². The Kier molecular flexibility index (Phi) is 4.77. The van der Waals surface area contributed by atoms with E-state index < -0.39 is 31.1 Å². The molecule has 1 amide bonds. The zero-order valence-electron chi connectivity index (χ0n) is 8.85. The molecule has 0 heterocycles. The van der Waals surface area contributed by atoms with Gasteiger partial charge in [-0.25, -0.2) is 4.39 Å². The second-order valence-corrected chi connectivity index (χ2v) is 3.66. The van der Waals surface area contributed by atoms with Gasteiger partial charge in [0.05, 0.1) is 5.02 Å². The largest absolute Gasteiger partial charge is 0.484 e. The van der Waals surface area contributed by atoms with Crippen LogP contribution >= 0.6 is 11.6 Å². The van der Waals surface area contributed by atoms with E-state index in [1.807, 2.05) is 0 Å². The summed E-state index contributed by atoms with van der Waals surface area (Å²) in [5.41, 5.74) is 0. The Morgan fingerprint density at radius 2 is 2.06 bits per heavy atom. The van der Waals surface area contributed by atoms with Crippen LogP contribution in [0.25, 0.3) is 0 Å². The van der Waals surface area contributed by atoms with Gasteiger partial charge in [0.15, 0.2) is 6.61 Å². The fourth-order valence-corrected chi connectivity index (χ4v) is 1.14. The predicted octanol–water partition coefficient (Wildman–Crippen LogP) is 2.54. The summed E-state index contributed by atoms with van der Waals surface area (Å²) in [4.78, 5) is 11.0. The Balaban J connectivity index is 2.40. The number of carbonyl (C=O) groups excluding carboxylic acids is 1. The third kappa shape index (κ3) is 5.22. The topological polar surface area (TPSA) is 38.3 Å². The van der Waals surface area contributed by atoms with Crippen LogP contribution in [0.2, 0.25) is 5.02 Å². The molecule has 0 aliphatic carbocycles. The van der Waals surface area contributed by atoms with Crippen molar-refractivity contribution in [2.75, 3.05) is 13.2 Å². The van der Waals surface area contributed by atoms with E-state index in [-0.39, 0.29) is 10.8 Å². The fourth-order valence-electron chi connectivity index (χ4n) is 0.965. The molecule has 0 atom stereocenters. The molecule has 0 saturated heterocycles. The first-order valence-corrected chi connectivity index (χ1v) is 5.07. The Hall–Kier alpha value is -1.50. The molecule has 1 aromatic carbocycles. The first kappa shape index (κ1) is 14.6. The highest BCUT2D eigenvalue weighted by atomic mass is 35.5. The van der Waals surface area contributed by atoms with Gasteiger partial charge >= 0.3 is 6.18 Å². The van der Waals surface area contributed by atoms with Crippen LogP contribution in [0.3, 0.4) is 0 Å². The van der Waals surface area contributed by atoms with Crippen molar-refractivity contribution in [3.8, 4) is 5.75 Å². The molecule has 0 saturated carbocycles. The molecular formula is C10H8ClF4NO2. The van der Waals surface area contributed by atoms with E-state index in [4.69, 9.17) is 16.3 Å². The second-order valence-electron chi connectivity index (χ2n) is 3.26. The molecule has 8 heteroatoms. The number of alkyl halides is 3. The average Bonchev–Trinajstić information content (AvgIpc) is 2.27. The number of benzene rings is 1. The highest BCUT2D eigenvalue weighted by molar-refractivity contribution is 6.30. The normalized spacial score (nSPS) is 11.2. The summed E-state index contributed by atoms with van der Waals surface area (Å²) in [5, 5.41) is 1.42. The van der Waals surface area contributed by atoms with Crippen LogP contribution in [0.4, 0.5) is 17.6 Å². The van der Waals surface area contributed by atoms with Crippen molar-refractivity contribution in [2.45, 2.75) is 6.18 Å². The van der Waals surface area contributed by atoms with Crippen molar-refractivity contribution in [3.05, 3.63) is 29.0 Å². The molecule has 0 spiro atoms. The molecule has 18 heavy (non-hydrogen) atoms. The number of hydrogen-bond acceptors (Lipinski definition) is 2. The summed E-state index contributed by atoms with van der Waals surface area (Å²) in [7, 11) is 0. The quantitative estimate of drug-likeness (QED) is 0.864. The molecule has 0 radical (unpaired) electrons. The molecule has 1 aromatic rings. The lowest BCUT2D eigenvalue weighted by Crippen LogP contribution is -2.36. The van der Waals surface area contributed by atoms with Crippen LogP contribution in [-0.4, -0.2) is 25.2 Å². The summed E-state index contributed by atoms with van der Waals surface area (Å²) < 4.78 is 52.9. The van der Waals surface area contributed by atoms with Gasteiger partial charge in [0.25, 0.3) is 5.91 Å². The Morgan fingerprint density at radius 1 is 1.39 bits per heavy atom. The van der Waals surface area contributed by atoms with E-state index in [9.17, 15) is 22.4 Å². The lowest BCUT2D eigenvalue weighted by atomic mass is 10.3. The maximum atomic E-state index is 12.8. The maximum Gasteiger partial charge on any atom is 0.405 e. The van der Waals surface area contributed by atoms with E-state index in [0.717, 1.165) is 12.1 Å².